The summed E-state index contributed by atoms with van der Waals surface area (Å²) in [5.41, 5.74) is 5.22. The number of aryl methyl sites for hydroxylation is 3. The number of hydrogen-bond acceptors (Lipinski definition) is 3. The van der Waals surface area contributed by atoms with Crippen LogP contribution in [-0.2, 0) is 19.4 Å². The largest absolute Gasteiger partial charge is 0.487 e. The van der Waals surface area contributed by atoms with Gasteiger partial charge in [-0.25, -0.2) is 4.98 Å². The average molecular weight is 267 g/mol. The first-order valence-electron chi connectivity index (χ1n) is 6.92. The number of carbonyl (C=O) groups excluding carboxylic acids is 1. The fourth-order valence-electron chi connectivity index (χ4n) is 2.65. The third kappa shape index (κ3) is 2.57. The number of pyridine rings is 1. The zero-order valence-electron chi connectivity index (χ0n) is 11.6. The van der Waals surface area contributed by atoms with Gasteiger partial charge in [0.1, 0.15) is 18.1 Å². The lowest BCUT2D eigenvalue weighted by atomic mass is 10.1. The van der Waals surface area contributed by atoms with E-state index in [4.69, 9.17) is 4.74 Å². The SMILES string of the molecule is Cc1ccc(OCc2ccc3c(c2)CCC3)c(C=O)n1. The van der Waals surface area contributed by atoms with Crippen LogP contribution in [0.3, 0.4) is 0 Å². The zero-order valence-corrected chi connectivity index (χ0v) is 11.6. The average Bonchev–Trinajstić information content (AvgIpc) is 2.93. The van der Waals surface area contributed by atoms with Gasteiger partial charge in [0.25, 0.3) is 0 Å². The fraction of sp³-hybridized carbons (Fsp3) is 0.294. The zero-order chi connectivity index (χ0) is 13.9. The van der Waals surface area contributed by atoms with E-state index in [0.29, 0.717) is 18.1 Å². The molecule has 3 heteroatoms. The molecule has 0 unspecified atom stereocenters. The minimum Gasteiger partial charge on any atom is -0.487 e. The summed E-state index contributed by atoms with van der Waals surface area (Å²) in [5, 5.41) is 0. The van der Waals surface area contributed by atoms with Crippen molar-refractivity contribution in [1.82, 2.24) is 4.98 Å². The molecule has 0 aliphatic heterocycles. The van der Waals surface area contributed by atoms with E-state index in [2.05, 4.69) is 23.2 Å². The molecule has 102 valence electrons. The second-order valence-corrected chi connectivity index (χ2v) is 5.20. The first-order valence-corrected chi connectivity index (χ1v) is 6.92. The minimum absolute atomic E-state index is 0.367. The maximum Gasteiger partial charge on any atom is 0.172 e. The molecule has 1 aliphatic carbocycles. The molecule has 0 atom stereocenters. The number of ether oxygens (including phenoxy) is 1. The van der Waals surface area contributed by atoms with Gasteiger partial charge in [-0.1, -0.05) is 18.2 Å². The van der Waals surface area contributed by atoms with Crippen LogP contribution in [0.25, 0.3) is 0 Å². The Labute approximate surface area is 118 Å². The van der Waals surface area contributed by atoms with Gasteiger partial charge in [0.15, 0.2) is 6.29 Å². The van der Waals surface area contributed by atoms with Gasteiger partial charge in [-0.15, -0.1) is 0 Å². The molecule has 1 heterocycles. The van der Waals surface area contributed by atoms with Crippen molar-refractivity contribution in [3.05, 3.63) is 58.4 Å². The highest BCUT2D eigenvalue weighted by atomic mass is 16.5. The maximum atomic E-state index is 11.0. The van der Waals surface area contributed by atoms with Crippen LogP contribution >= 0.6 is 0 Å². The van der Waals surface area contributed by atoms with Crippen molar-refractivity contribution < 1.29 is 9.53 Å². The third-order valence-electron chi connectivity index (χ3n) is 3.69. The summed E-state index contributed by atoms with van der Waals surface area (Å²) in [5.74, 6) is 0.547. The Morgan fingerprint density at radius 2 is 2.05 bits per heavy atom. The maximum absolute atomic E-state index is 11.0. The van der Waals surface area contributed by atoms with E-state index in [1.54, 1.807) is 6.07 Å². The number of fused-ring (bicyclic) bond motifs is 1. The summed E-state index contributed by atoms with van der Waals surface area (Å²) in [4.78, 5) is 15.2. The van der Waals surface area contributed by atoms with Gasteiger partial charge >= 0.3 is 0 Å². The van der Waals surface area contributed by atoms with Crippen LogP contribution in [0.4, 0.5) is 0 Å². The first-order chi connectivity index (χ1) is 9.76. The molecule has 1 aromatic carbocycles. The molecule has 3 rings (SSSR count). The van der Waals surface area contributed by atoms with Crippen LogP contribution in [0.15, 0.2) is 30.3 Å². The smallest absolute Gasteiger partial charge is 0.172 e. The van der Waals surface area contributed by atoms with Crippen molar-refractivity contribution in [2.24, 2.45) is 0 Å². The molecule has 20 heavy (non-hydrogen) atoms. The van der Waals surface area contributed by atoms with E-state index in [9.17, 15) is 4.79 Å². The number of nitrogens with zero attached hydrogens (tertiary/aromatic N) is 1. The monoisotopic (exact) mass is 267 g/mol. The van der Waals surface area contributed by atoms with Crippen LogP contribution in [-0.4, -0.2) is 11.3 Å². The lowest BCUT2D eigenvalue weighted by Gasteiger charge is -2.09. The molecule has 0 amide bonds. The predicted molar refractivity (Wildman–Crippen MR) is 77.2 cm³/mol. The summed E-state index contributed by atoms with van der Waals surface area (Å²) in [6.45, 7) is 2.33. The number of benzene rings is 1. The molecule has 0 spiro atoms. The Hall–Kier alpha value is -2.16. The molecule has 0 fully saturated rings. The Morgan fingerprint density at radius 1 is 1.20 bits per heavy atom. The van der Waals surface area contributed by atoms with E-state index in [1.165, 1.54) is 24.0 Å². The number of carbonyl (C=O) groups is 1. The predicted octanol–water partition coefficient (Wildman–Crippen LogP) is 3.27. The van der Waals surface area contributed by atoms with Crippen LogP contribution < -0.4 is 4.74 Å². The molecule has 0 radical (unpaired) electrons. The van der Waals surface area contributed by atoms with E-state index >= 15 is 0 Å². The normalized spacial score (nSPS) is 13.1. The molecule has 0 saturated heterocycles. The van der Waals surface area contributed by atoms with Crippen molar-refractivity contribution in [3.63, 3.8) is 0 Å². The lowest BCUT2D eigenvalue weighted by Crippen LogP contribution is -2.01. The summed E-state index contributed by atoms with van der Waals surface area (Å²) in [7, 11) is 0. The molecule has 1 aromatic heterocycles. The quantitative estimate of drug-likeness (QED) is 0.798. The Bertz CT molecular complexity index is 649. The van der Waals surface area contributed by atoms with Gasteiger partial charge in [-0.05, 0) is 55.0 Å². The lowest BCUT2D eigenvalue weighted by molar-refractivity contribution is 0.111. The van der Waals surface area contributed by atoms with Gasteiger partial charge in [-0.2, -0.15) is 0 Å². The van der Waals surface area contributed by atoms with E-state index in [0.717, 1.165) is 24.0 Å². The first kappa shape index (κ1) is 12.9. The molecular formula is C17H17NO2. The van der Waals surface area contributed by atoms with E-state index in [-0.39, 0.29) is 0 Å². The van der Waals surface area contributed by atoms with Gasteiger partial charge in [-0.3, -0.25) is 4.79 Å². The van der Waals surface area contributed by atoms with E-state index < -0.39 is 0 Å². The highest BCUT2D eigenvalue weighted by Gasteiger charge is 2.11. The van der Waals surface area contributed by atoms with Gasteiger partial charge in [0.2, 0.25) is 0 Å². The highest BCUT2D eigenvalue weighted by molar-refractivity contribution is 5.76. The number of aromatic nitrogens is 1. The molecule has 3 nitrogen and oxygen atoms in total. The Morgan fingerprint density at radius 3 is 2.90 bits per heavy atom. The number of hydrogen-bond donors (Lipinski definition) is 0. The molecule has 1 aliphatic rings. The summed E-state index contributed by atoms with van der Waals surface area (Å²) in [6, 6.07) is 10.2. The summed E-state index contributed by atoms with van der Waals surface area (Å²) < 4.78 is 5.74. The van der Waals surface area contributed by atoms with Crippen molar-refractivity contribution in [3.8, 4) is 5.75 Å². The molecule has 2 aromatic rings. The van der Waals surface area contributed by atoms with Crippen LogP contribution in [0.1, 0.15) is 39.3 Å². The van der Waals surface area contributed by atoms with Crippen molar-refractivity contribution in [1.29, 1.82) is 0 Å². The van der Waals surface area contributed by atoms with Crippen molar-refractivity contribution >= 4 is 6.29 Å². The third-order valence-corrected chi connectivity index (χ3v) is 3.69. The van der Waals surface area contributed by atoms with Gasteiger partial charge in [0, 0.05) is 5.69 Å². The fourth-order valence-corrected chi connectivity index (χ4v) is 2.65. The Kier molecular flexibility index (Phi) is 3.50. The summed E-state index contributed by atoms with van der Waals surface area (Å²) >= 11 is 0. The highest BCUT2D eigenvalue weighted by Crippen LogP contribution is 2.24. The van der Waals surface area contributed by atoms with Gasteiger partial charge < -0.3 is 4.74 Å². The molecule has 0 N–H and O–H groups in total. The molecule has 0 saturated carbocycles. The second-order valence-electron chi connectivity index (χ2n) is 5.20. The Balaban J connectivity index is 1.75. The van der Waals surface area contributed by atoms with Crippen LogP contribution in [0.2, 0.25) is 0 Å². The molecule has 0 bridgehead atoms. The van der Waals surface area contributed by atoms with Crippen LogP contribution in [0.5, 0.6) is 5.75 Å². The minimum atomic E-state index is 0.367. The summed E-state index contributed by atoms with van der Waals surface area (Å²) in [6.07, 6.45) is 4.34. The van der Waals surface area contributed by atoms with Gasteiger partial charge in [0.05, 0.1) is 0 Å². The van der Waals surface area contributed by atoms with Crippen molar-refractivity contribution in [2.45, 2.75) is 32.8 Å². The topological polar surface area (TPSA) is 39.2 Å². The van der Waals surface area contributed by atoms with E-state index in [1.807, 2.05) is 13.0 Å². The number of rotatable bonds is 4. The van der Waals surface area contributed by atoms with Crippen molar-refractivity contribution in [2.75, 3.05) is 0 Å². The second kappa shape index (κ2) is 5.45. The molecular weight excluding hydrogens is 250 g/mol. The number of aldehydes is 1. The standard InChI is InChI=1S/C17H17NO2/c1-12-5-8-17(16(10-19)18-12)20-11-13-6-7-14-3-2-4-15(14)9-13/h5-10H,2-4,11H2,1H3. The van der Waals surface area contributed by atoms with Crippen LogP contribution in [0, 0.1) is 6.92 Å².